The minimum atomic E-state index is 0.845. The van der Waals surface area contributed by atoms with Crippen LogP contribution in [-0.4, -0.2) is 4.57 Å². The first-order valence-corrected chi connectivity index (χ1v) is 15.9. The maximum atomic E-state index is 6.58. The minimum absolute atomic E-state index is 0.845. The zero-order valence-electron chi connectivity index (χ0n) is 25.6. The molecule has 10 aromatic rings. The van der Waals surface area contributed by atoms with E-state index in [2.05, 4.69) is 162 Å². The van der Waals surface area contributed by atoms with Crippen LogP contribution >= 0.6 is 0 Å². The molecule has 0 aliphatic heterocycles. The summed E-state index contributed by atoms with van der Waals surface area (Å²) >= 11 is 0. The third-order valence-corrected chi connectivity index (χ3v) is 9.50. The van der Waals surface area contributed by atoms with E-state index < -0.39 is 0 Å². The van der Waals surface area contributed by atoms with Gasteiger partial charge in [0.2, 0.25) is 0 Å². The summed E-state index contributed by atoms with van der Waals surface area (Å²) in [6, 6.07) is 53.4. The average molecular weight is 605 g/mol. The summed E-state index contributed by atoms with van der Waals surface area (Å²) in [5.74, 6) is 0. The lowest BCUT2D eigenvalue weighted by Gasteiger charge is -2.26. The van der Waals surface area contributed by atoms with E-state index in [1.54, 1.807) is 0 Å². The van der Waals surface area contributed by atoms with E-state index in [9.17, 15) is 0 Å². The smallest absolute Gasteiger partial charge is 0.137 e. The molecular formula is C43H28N2O2. The molecule has 0 atom stereocenters. The van der Waals surface area contributed by atoms with Crippen LogP contribution in [0.25, 0.3) is 71.4 Å². The van der Waals surface area contributed by atoms with Gasteiger partial charge < -0.3 is 18.3 Å². The van der Waals surface area contributed by atoms with Crippen molar-refractivity contribution in [1.29, 1.82) is 0 Å². The molecule has 47 heavy (non-hydrogen) atoms. The highest BCUT2D eigenvalue weighted by Gasteiger charge is 2.19. The summed E-state index contributed by atoms with van der Waals surface area (Å²) in [5, 5.41) is 6.72. The molecule has 222 valence electrons. The Balaban J connectivity index is 1.12. The molecule has 0 aliphatic carbocycles. The van der Waals surface area contributed by atoms with Gasteiger partial charge in [-0.25, -0.2) is 0 Å². The highest BCUT2D eigenvalue weighted by atomic mass is 16.3. The van der Waals surface area contributed by atoms with E-state index in [4.69, 9.17) is 8.83 Å². The van der Waals surface area contributed by atoms with Gasteiger partial charge in [0.25, 0.3) is 0 Å². The Morgan fingerprint density at radius 3 is 1.66 bits per heavy atom. The summed E-state index contributed by atoms with van der Waals surface area (Å²) < 4.78 is 15.5. The monoisotopic (exact) mass is 604 g/mol. The van der Waals surface area contributed by atoms with Crippen LogP contribution in [0.4, 0.5) is 17.1 Å². The van der Waals surface area contributed by atoms with Crippen LogP contribution in [0.2, 0.25) is 0 Å². The van der Waals surface area contributed by atoms with E-state index in [1.165, 1.54) is 27.4 Å². The first-order valence-electron chi connectivity index (χ1n) is 15.9. The highest BCUT2D eigenvalue weighted by molar-refractivity contribution is 6.15. The number of hydrogen-bond donors (Lipinski definition) is 0. The number of anilines is 3. The van der Waals surface area contributed by atoms with Gasteiger partial charge in [-0.1, -0.05) is 72.8 Å². The van der Waals surface area contributed by atoms with Gasteiger partial charge >= 0.3 is 0 Å². The zero-order valence-corrected chi connectivity index (χ0v) is 25.6. The molecule has 0 N–H and O–H groups in total. The van der Waals surface area contributed by atoms with E-state index in [0.717, 1.165) is 66.6 Å². The van der Waals surface area contributed by atoms with Gasteiger partial charge in [0, 0.05) is 67.2 Å². The number of furan rings is 2. The van der Waals surface area contributed by atoms with E-state index >= 15 is 0 Å². The largest absolute Gasteiger partial charge is 0.456 e. The third kappa shape index (κ3) is 3.88. The molecule has 0 radical (unpaired) electrons. The predicted molar refractivity (Wildman–Crippen MR) is 195 cm³/mol. The van der Waals surface area contributed by atoms with Crippen molar-refractivity contribution < 1.29 is 8.83 Å². The standard InChI is InChI=1S/C43H28N2O2/c1-27-11-5-8-16-37(27)44(28-12-3-2-4-13-28)29-19-21-33-35-25-43-36(26-42(35)46-40(33)23-29)34-22-20-30(24-41(34)47-43)45-38-17-9-6-14-31(38)32-15-7-10-18-39(32)45/h2-26H,1H3. The number of rotatable bonds is 4. The molecule has 0 fully saturated rings. The molecule has 0 unspecified atom stereocenters. The first-order chi connectivity index (χ1) is 23.2. The number of benzene rings is 7. The van der Waals surface area contributed by atoms with Crippen LogP contribution < -0.4 is 4.90 Å². The normalized spacial score (nSPS) is 11.9. The number of aryl methyl sites for hydroxylation is 1. The van der Waals surface area contributed by atoms with Gasteiger partial charge in [-0.2, -0.15) is 0 Å². The molecule has 3 aromatic heterocycles. The SMILES string of the molecule is Cc1ccccc1N(c1ccccc1)c1ccc2c(c1)oc1cc3c(cc12)oc1cc(-n2c4ccccc4c4ccccc42)ccc13. The lowest BCUT2D eigenvalue weighted by Crippen LogP contribution is -2.10. The number of aromatic nitrogens is 1. The summed E-state index contributed by atoms with van der Waals surface area (Å²) in [6.45, 7) is 2.15. The molecule has 0 bridgehead atoms. The van der Waals surface area contributed by atoms with Crippen LogP contribution in [0.5, 0.6) is 0 Å². The maximum Gasteiger partial charge on any atom is 0.137 e. The molecule has 0 saturated heterocycles. The maximum absolute atomic E-state index is 6.58. The van der Waals surface area contributed by atoms with Gasteiger partial charge in [0.15, 0.2) is 0 Å². The second kappa shape index (κ2) is 9.87. The van der Waals surface area contributed by atoms with E-state index in [0.29, 0.717) is 0 Å². The van der Waals surface area contributed by atoms with Crippen molar-refractivity contribution in [2.24, 2.45) is 0 Å². The van der Waals surface area contributed by atoms with Crippen molar-refractivity contribution in [2.75, 3.05) is 4.90 Å². The summed E-state index contributed by atoms with van der Waals surface area (Å²) in [7, 11) is 0. The van der Waals surface area contributed by atoms with Crippen LogP contribution in [0.3, 0.4) is 0 Å². The zero-order chi connectivity index (χ0) is 31.1. The van der Waals surface area contributed by atoms with Crippen molar-refractivity contribution >= 4 is 82.7 Å². The molecule has 0 saturated carbocycles. The molecule has 10 rings (SSSR count). The Bertz CT molecular complexity index is 2760. The minimum Gasteiger partial charge on any atom is -0.456 e. The number of nitrogens with zero attached hydrogens (tertiary/aromatic N) is 2. The second-order valence-corrected chi connectivity index (χ2v) is 12.2. The molecule has 4 heteroatoms. The van der Waals surface area contributed by atoms with Crippen molar-refractivity contribution in [3.05, 3.63) is 157 Å². The molecular weight excluding hydrogens is 576 g/mol. The number of hydrogen-bond acceptors (Lipinski definition) is 3. The predicted octanol–water partition coefficient (Wildman–Crippen LogP) is 12.4. The molecule has 7 aromatic carbocycles. The van der Waals surface area contributed by atoms with Crippen LogP contribution in [0.15, 0.2) is 160 Å². The fourth-order valence-corrected chi connectivity index (χ4v) is 7.32. The Kier molecular flexibility index (Phi) is 5.46. The van der Waals surface area contributed by atoms with Crippen molar-refractivity contribution in [3.8, 4) is 5.69 Å². The fraction of sp³-hybridized carbons (Fsp3) is 0.0233. The highest BCUT2D eigenvalue weighted by Crippen LogP contribution is 2.42. The van der Waals surface area contributed by atoms with Crippen LogP contribution in [0, 0.1) is 6.92 Å². The fourth-order valence-electron chi connectivity index (χ4n) is 7.32. The number of para-hydroxylation sites is 4. The number of fused-ring (bicyclic) bond motifs is 9. The lowest BCUT2D eigenvalue weighted by molar-refractivity contribution is 0.664. The topological polar surface area (TPSA) is 34.5 Å². The quantitative estimate of drug-likeness (QED) is 0.200. The van der Waals surface area contributed by atoms with Crippen LogP contribution in [0.1, 0.15) is 5.56 Å². The second-order valence-electron chi connectivity index (χ2n) is 12.2. The van der Waals surface area contributed by atoms with Gasteiger partial charge in [-0.3, -0.25) is 0 Å². The Morgan fingerprint density at radius 1 is 0.426 bits per heavy atom. The van der Waals surface area contributed by atoms with Gasteiger partial charge in [0.05, 0.1) is 11.0 Å². The molecule has 0 spiro atoms. The van der Waals surface area contributed by atoms with Crippen LogP contribution in [-0.2, 0) is 0 Å². The Hall–Kier alpha value is -6.26. The van der Waals surface area contributed by atoms with Gasteiger partial charge in [-0.15, -0.1) is 0 Å². The molecule has 0 amide bonds. The third-order valence-electron chi connectivity index (χ3n) is 9.50. The van der Waals surface area contributed by atoms with Crippen molar-refractivity contribution in [1.82, 2.24) is 4.57 Å². The lowest BCUT2D eigenvalue weighted by atomic mass is 10.1. The molecule has 0 aliphatic rings. The van der Waals surface area contributed by atoms with E-state index in [1.807, 2.05) is 6.07 Å². The summed E-state index contributed by atoms with van der Waals surface area (Å²) in [6.07, 6.45) is 0. The van der Waals surface area contributed by atoms with Gasteiger partial charge in [-0.05, 0) is 79.2 Å². The Morgan fingerprint density at radius 2 is 0.979 bits per heavy atom. The molecule has 3 heterocycles. The van der Waals surface area contributed by atoms with Crippen molar-refractivity contribution in [3.63, 3.8) is 0 Å². The van der Waals surface area contributed by atoms with E-state index in [-0.39, 0.29) is 0 Å². The average Bonchev–Trinajstić information content (AvgIpc) is 3.77. The summed E-state index contributed by atoms with van der Waals surface area (Å²) in [5.41, 5.74) is 11.3. The molecule has 4 nitrogen and oxygen atoms in total. The Labute approximate surface area is 270 Å². The first kappa shape index (κ1) is 26.0. The van der Waals surface area contributed by atoms with Crippen molar-refractivity contribution in [2.45, 2.75) is 6.92 Å². The van der Waals surface area contributed by atoms with Gasteiger partial charge in [0.1, 0.15) is 22.3 Å². The summed E-state index contributed by atoms with van der Waals surface area (Å²) in [4.78, 5) is 2.29.